The van der Waals surface area contributed by atoms with Crippen molar-refractivity contribution >= 4 is 34.5 Å². The third-order valence-electron chi connectivity index (χ3n) is 7.17. The van der Waals surface area contributed by atoms with E-state index in [1.54, 1.807) is 11.8 Å². The Hall–Kier alpha value is -3.03. The van der Waals surface area contributed by atoms with Crippen LogP contribution in [0, 0.1) is 0 Å². The molecule has 8 heteroatoms. The van der Waals surface area contributed by atoms with Crippen molar-refractivity contribution in [2.24, 2.45) is 5.73 Å². The van der Waals surface area contributed by atoms with Gasteiger partial charge < -0.3 is 20.6 Å². The van der Waals surface area contributed by atoms with E-state index in [4.69, 9.17) is 22.1 Å². The van der Waals surface area contributed by atoms with E-state index < -0.39 is 23.6 Å². The molecule has 2 amide bonds. The molecule has 0 aliphatic heterocycles. The number of H-pyrrole nitrogens is 1. The van der Waals surface area contributed by atoms with Gasteiger partial charge in [-0.3, -0.25) is 9.69 Å². The minimum absolute atomic E-state index is 0.120. The molecule has 1 aliphatic carbocycles. The topological polar surface area (TPSA) is 109 Å². The molecule has 36 heavy (non-hydrogen) atoms. The van der Waals surface area contributed by atoms with E-state index in [0.717, 1.165) is 41.3 Å². The number of rotatable bonds is 9. The number of ether oxygens (including phenoxy) is 1. The average Bonchev–Trinajstić information content (AvgIpc) is 3.27. The van der Waals surface area contributed by atoms with E-state index in [1.165, 1.54) is 0 Å². The summed E-state index contributed by atoms with van der Waals surface area (Å²) >= 11 is 6.76. The molecule has 3 aromatic rings. The smallest absolute Gasteiger partial charge is 0.411 e. The van der Waals surface area contributed by atoms with Crippen LogP contribution in [0.1, 0.15) is 56.2 Å². The van der Waals surface area contributed by atoms with Crippen LogP contribution in [0.3, 0.4) is 0 Å². The number of carbonyl (C=O) groups is 2. The molecule has 1 aromatic heterocycles. The van der Waals surface area contributed by atoms with Crippen LogP contribution in [-0.4, -0.2) is 50.6 Å². The van der Waals surface area contributed by atoms with E-state index in [0.29, 0.717) is 12.8 Å². The highest BCUT2D eigenvalue weighted by Crippen LogP contribution is 2.36. The lowest BCUT2D eigenvalue weighted by Gasteiger charge is -2.43. The Bertz CT molecular complexity index is 1180. The summed E-state index contributed by atoms with van der Waals surface area (Å²) in [4.78, 5) is 31.5. The van der Waals surface area contributed by atoms with Gasteiger partial charge in [-0.15, -0.1) is 11.6 Å². The zero-order valence-electron chi connectivity index (χ0n) is 20.5. The molecule has 0 radical (unpaired) electrons. The number of aromatic nitrogens is 1. The first-order valence-electron chi connectivity index (χ1n) is 12.5. The van der Waals surface area contributed by atoms with Crippen LogP contribution in [0.15, 0.2) is 60.8 Å². The maximum atomic E-state index is 13.9. The number of aliphatic hydroxyl groups is 1. The Labute approximate surface area is 216 Å². The number of aromatic amines is 1. The Balaban J connectivity index is 1.68. The van der Waals surface area contributed by atoms with Gasteiger partial charge in [0.2, 0.25) is 0 Å². The lowest BCUT2D eigenvalue weighted by atomic mass is 9.90. The Kier molecular flexibility index (Phi) is 8.21. The normalized spacial score (nSPS) is 20.4. The van der Waals surface area contributed by atoms with Crippen molar-refractivity contribution in [2.75, 3.05) is 6.61 Å². The fourth-order valence-electron chi connectivity index (χ4n) is 5.20. The first kappa shape index (κ1) is 26.0. The highest BCUT2D eigenvalue weighted by atomic mass is 35.5. The van der Waals surface area contributed by atoms with Crippen LogP contribution >= 0.6 is 11.6 Å². The third kappa shape index (κ3) is 5.52. The maximum Gasteiger partial charge on any atom is 0.411 e. The highest BCUT2D eigenvalue weighted by Gasteiger charge is 2.43. The van der Waals surface area contributed by atoms with Crippen molar-refractivity contribution in [1.82, 2.24) is 9.88 Å². The number of nitrogens with zero attached hydrogens (tertiary/aromatic N) is 1. The minimum Gasteiger partial charge on any atom is -0.433 e. The minimum atomic E-state index is -1.59. The largest absolute Gasteiger partial charge is 0.433 e. The van der Waals surface area contributed by atoms with Crippen molar-refractivity contribution < 1.29 is 19.4 Å². The van der Waals surface area contributed by atoms with Gasteiger partial charge in [0.25, 0.3) is 5.91 Å². The van der Waals surface area contributed by atoms with Gasteiger partial charge in [0.05, 0.1) is 17.5 Å². The second kappa shape index (κ2) is 11.4. The van der Waals surface area contributed by atoms with E-state index in [2.05, 4.69) is 4.98 Å². The molecule has 2 aromatic carbocycles. The fraction of sp³-hybridized carbons (Fsp3) is 0.429. The van der Waals surface area contributed by atoms with Gasteiger partial charge >= 0.3 is 6.09 Å². The number of hydrogen-bond acceptors (Lipinski definition) is 4. The van der Waals surface area contributed by atoms with Gasteiger partial charge in [0.15, 0.2) is 5.60 Å². The summed E-state index contributed by atoms with van der Waals surface area (Å²) in [5.41, 5.74) is 6.86. The zero-order valence-corrected chi connectivity index (χ0v) is 21.3. The molecule has 1 aliphatic rings. The molecule has 0 spiro atoms. The number of carbonyl (C=O) groups excluding carboxylic acids is 2. The van der Waals surface area contributed by atoms with Gasteiger partial charge in [-0.2, -0.15) is 0 Å². The van der Waals surface area contributed by atoms with Crippen LogP contribution in [0.5, 0.6) is 0 Å². The molecular formula is C28H34ClN3O4. The number of halogens is 1. The number of hydrogen-bond donors (Lipinski definition) is 3. The second-order valence-corrected chi connectivity index (χ2v) is 10.3. The molecule has 1 saturated carbocycles. The monoisotopic (exact) mass is 511 g/mol. The van der Waals surface area contributed by atoms with Crippen LogP contribution in [0.25, 0.3) is 10.9 Å². The van der Waals surface area contributed by atoms with Gasteiger partial charge in [-0.25, -0.2) is 4.79 Å². The molecule has 192 valence electrons. The molecular weight excluding hydrogens is 478 g/mol. The molecule has 1 fully saturated rings. The quantitative estimate of drug-likeness (QED) is 0.348. The predicted octanol–water partition coefficient (Wildman–Crippen LogP) is 5.07. The molecule has 4 rings (SSSR count). The van der Waals surface area contributed by atoms with E-state index in [9.17, 15) is 14.7 Å². The number of amides is 2. The fourth-order valence-corrected chi connectivity index (χ4v) is 5.60. The number of para-hydroxylation sites is 1. The number of aliphatic hydroxyl groups excluding tert-OH is 1. The van der Waals surface area contributed by atoms with Gasteiger partial charge in [0, 0.05) is 30.1 Å². The summed E-state index contributed by atoms with van der Waals surface area (Å²) in [5.74, 6) is -0.731. The number of fused-ring (bicyclic) bond motifs is 1. The lowest BCUT2D eigenvalue weighted by Crippen LogP contribution is -2.54. The first-order chi connectivity index (χ1) is 17.3. The van der Waals surface area contributed by atoms with Crippen LogP contribution in [0.4, 0.5) is 4.79 Å². The second-order valence-electron chi connectivity index (χ2n) is 9.71. The van der Waals surface area contributed by atoms with E-state index in [-0.39, 0.29) is 24.4 Å². The Morgan fingerprint density at radius 3 is 2.56 bits per heavy atom. The number of nitrogens with one attached hydrogen (secondary N) is 1. The standard InChI is InChI=1S/C28H34ClN3O4/c1-28(26(30)34,17-20-18-31-23-13-7-5-11-21(20)23)36-27(35)32(25-14-8-6-12-22(25)29)24(15-16-33)19-9-3-2-4-10-19/h2-5,7,9-11,13,18,22,24-25,31,33H,6,8,12,14-17H2,1H3,(H2,30,34). The molecule has 4 unspecified atom stereocenters. The van der Waals surface area contributed by atoms with E-state index >= 15 is 0 Å². The Morgan fingerprint density at radius 2 is 1.86 bits per heavy atom. The summed E-state index contributed by atoms with van der Waals surface area (Å²) in [7, 11) is 0. The summed E-state index contributed by atoms with van der Waals surface area (Å²) < 4.78 is 5.99. The molecule has 4 atom stereocenters. The van der Waals surface area contributed by atoms with Crippen LogP contribution < -0.4 is 5.73 Å². The molecule has 7 nitrogen and oxygen atoms in total. The van der Waals surface area contributed by atoms with Crippen LogP contribution in [-0.2, 0) is 16.0 Å². The molecule has 0 saturated heterocycles. The highest BCUT2D eigenvalue weighted by molar-refractivity contribution is 6.21. The molecule has 1 heterocycles. The predicted molar refractivity (Wildman–Crippen MR) is 141 cm³/mol. The van der Waals surface area contributed by atoms with E-state index in [1.807, 2.05) is 60.8 Å². The Morgan fingerprint density at radius 1 is 1.17 bits per heavy atom. The molecule has 0 bridgehead atoms. The van der Waals surface area contributed by atoms with Crippen molar-refractivity contribution in [3.05, 3.63) is 71.9 Å². The van der Waals surface area contributed by atoms with Gasteiger partial charge in [0.1, 0.15) is 0 Å². The van der Waals surface area contributed by atoms with Crippen molar-refractivity contribution in [3.63, 3.8) is 0 Å². The van der Waals surface area contributed by atoms with Crippen molar-refractivity contribution in [1.29, 1.82) is 0 Å². The number of alkyl halides is 1. The average molecular weight is 512 g/mol. The SMILES string of the molecule is CC(Cc1c[nH]c2ccccc12)(OC(=O)N(C(CCO)c1ccccc1)C1CCCCC1Cl)C(N)=O. The van der Waals surface area contributed by atoms with Gasteiger partial charge in [-0.1, -0.05) is 61.4 Å². The number of benzene rings is 2. The summed E-state index contributed by atoms with van der Waals surface area (Å²) in [6.07, 6.45) is 5.00. The first-order valence-corrected chi connectivity index (χ1v) is 12.9. The van der Waals surface area contributed by atoms with Crippen molar-refractivity contribution in [2.45, 2.75) is 68.5 Å². The lowest BCUT2D eigenvalue weighted by molar-refractivity contribution is -0.136. The number of primary amides is 1. The van der Waals surface area contributed by atoms with Gasteiger partial charge in [-0.05, 0) is 43.4 Å². The van der Waals surface area contributed by atoms with Crippen molar-refractivity contribution in [3.8, 4) is 0 Å². The summed E-state index contributed by atoms with van der Waals surface area (Å²) in [5, 5.41) is 10.6. The summed E-state index contributed by atoms with van der Waals surface area (Å²) in [6.45, 7) is 1.43. The van der Waals surface area contributed by atoms with Crippen LogP contribution in [0.2, 0.25) is 0 Å². The third-order valence-corrected chi connectivity index (χ3v) is 7.68. The maximum absolute atomic E-state index is 13.9. The zero-order chi connectivity index (χ0) is 25.7. The molecule has 4 N–H and O–H groups in total. The summed E-state index contributed by atoms with van der Waals surface area (Å²) in [6, 6.07) is 16.5. The number of nitrogens with two attached hydrogens (primary N) is 1.